The molecule has 0 fully saturated rings. The summed E-state index contributed by atoms with van der Waals surface area (Å²) in [5.74, 6) is 0. The van der Waals surface area contributed by atoms with Crippen LogP contribution in [-0.4, -0.2) is 0 Å². The van der Waals surface area contributed by atoms with Gasteiger partial charge in [-0.05, 0) is 37.1 Å². The lowest BCUT2D eigenvalue weighted by Gasteiger charge is -2.13. The van der Waals surface area contributed by atoms with E-state index in [1.54, 1.807) is 0 Å². The highest BCUT2D eigenvalue weighted by Crippen LogP contribution is 2.25. The van der Waals surface area contributed by atoms with Gasteiger partial charge in [0.2, 0.25) is 0 Å². The number of hydrogen-bond donors (Lipinski definition) is 1. The van der Waals surface area contributed by atoms with Crippen LogP contribution in [0.25, 0.3) is 0 Å². The normalized spacial score (nSPS) is 9.71. The number of nitrogens with zero attached hydrogens (tertiary/aromatic N) is 1. The van der Waals surface area contributed by atoms with E-state index in [4.69, 9.17) is 5.26 Å². The smallest absolute Gasteiger partial charge is 0.101 e. The lowest BCUT2D eigenvalue weighted by atomic mass is 10.1. The first-order valence-corrected chi connectivity index (χ1v) is 5.54. The Bertz CT molecular complexity index is 559. The van der Waals surface area contributed by atoms with Crippen molar-refractivity contribution in [3.8, 4) is 6.07 Å². The van der Waals surface area contributed by atoms with Gasteiger partial charge < -0.3 is 5.32 Å². The van der Waals surface area contributed by atoms with Gasteiger partial charge in [0.15, 0.2) is 0 Å². The molecule has 0 saturated heterocycles. The molecule has 0 aliphatic carbocycles. The molecule has 2 aromatic carbocycles. The van der Waals surface area contributed by atoms with Crippen LogP contribution in [0.5, 0.6) is 0 Å². The highest BCUT2D eigenvalue weighted by Gasteiger charge is 2.05. The maximum Gasteiger partial charge on any atom is 0.101 e. The maximum atomic E-state index is 9.05. The van der Waals surface area contributed by atoms with E-state index < -0.39 is 0 Å². The molecule has 0 saturated carbocycles. The second kappa shape index (κ2) is 4.71. The third-order valence-electron chi connectivity index (χ3n) is 2.79. The van der Waals surface area contributed by atoms with Crippen molar-refractivity contribution in [2.75, 3.05) is 5.32 Å². The minimum atomic E-state index is 0.662. The molecule has 2 nitrogen and oxygen atoms in total. The van der Waals surface area contributed by atoms with Crippen molar-refractivity contribution in [1.29, 1.82) is 5.26 Å². The molecular weight excluding hydrogens is 208 g/mol. The van der Waals surface area contributed by atoms with Crippen molar-refractivity contribution >= 4 is 11.4 Å². The molecule has 0 aromatic heterocycles. The Hall–Kier alpha value is -2.27. The summed E-state index contributed by atoms with van der Waals surface area (Å²) >= 11 is 0. The van der Waals surface area contributed by atoms with E-state index in [9.17, 15) is 0 Å². The van der Waals surface area contributed by atoms with Gasteiger partial charge in [0.1, 0.15) is 6.07 Å². The Morgan fingerprint density at radius 1 is 0.941 bits per heavy atom. The summed E-state index contributed by atoms with van der Waals surface area (Å²) in [6.45, 7) is 4.12. The molecule has 0 aliphatic heterocycles. The van der Waals surface area contributed by atoms with Crippen molar-refractivity contribution in [2.45, 2.75) is 13.8 Å². The standard InChI is InChI=1S/C15H14N2/c1-11-6-5-7-12(2)15(11)17-14-9-4-3-8-13(14)10-16/h3-9,17H,1-2H3. The highest BCUT2D eigenvalue weighted by atomic mass is 14.9. The highest BCUT2D eigenvalue weighted by molar-refractivity contribution is 5.70. The fourth-order valence-corrected chi connectivity index (χ4v) is 1.84. The van der Waals surface area contributed by atoms with Crippen molar-refractivity contribution < 1.29 is 0 Å². The molecule has 84 valence electrons. The van der Waals surface area contributed by atoms with Gasteiger partial charge in [-0.3, -0.25) is 0 Å². The van der Waals surface area contributed by atoms with Gasteiger partial charge in [-0.25, -0.2) is 0 Å². The fourth-order valence-electron chi connectivity index (χ4n) is 1.84. The minimum Gasteiger partial charge on any atom is -0.354 e. The van der Waals surface area contributed by atoms with Crippen molar-refractivity contribution in [3.63, 3.8) is 0 Å². The number of aryl methyl sites for hydroxylation is 2. The number of nitrogens with one attached hydrogen (secondary N) is 1. The van der Waals surface area contributed by atoms with E-state index >= 15 is 0 Å². The second-order valence-electron chi connectivity index (χ2n) is 4.05. The summed E-state index contributed by atoms with van der Waals surface area (Å²) in [4.78, 5) is 0. The Morgan fingerprint density at radius 3 is 2.24 bits per heavy atom. The van der Waals surface area contributed by atoms with Crippen LogP contribution in [0, 0.1) is 25.2 Å². The molecule has 0 aliphatic rings. The monoisotopic (exact) mass is 222 g/mol. The summed E-state index contributed by atoms with van der Waals surface area (Å²) in [7, 11) is 0. The van der Waals surface area contributed by atoms with Crippen molar-refractivity contribution in [3.05, 3.63) is 59.2 Å². The predicted molar refractivity (Wildman–Crippen MR) is 70.4 cm³/mol. The summed E-state index contributed by atoms with van der Waals surface area (Å²) in [6.07, 6.45) is 0. The molecule has 0 heterocycles. The molecule has 0 bridgehead atoms. The van der Waals surface area contributed by atoms with Crippen LogP contribution in [0.1, 0.15) is 16.7 Å². The van der Waals surface area contributed by atoms with Gasteiger partial charge in [-0.1, -0.05) is 30.3 Å². The van der Waals surface area contributed by atoms with E-state index in [-0.39, 0.29) is 0 Å². The molecule has 0 atom stereocenters. The molecule has 17 heavy (non-hydrogen) atoms. The topological polar surface area (TPSA) is 35.8 Å². The lowest BCUT2D eigenvalue weighted by molar-refractivity contribution is 1.35. The van der Waals surface area contributed by atoms with E-state index in [1.807, 2.05) is 30.3 Å². The van der Waals surface area contributed by atoms with Crippen LogP contribution in [0.2, 0.25) is 0 Å². The molecule has 0 spiro atoms. The average Bonchev–Trinajstić information content (AvgIpc) is 2.34. The number of rotatable bonds is 2. The van der Waals surface area contributed by atoms with Gasteiger partial charge in [0, 0.05) is 5.69 Å². The van der Waals surface area contributed by atoms with Crippen LogP contribution >= 0.6 is 0 Å². The maximum absolute atomic E-state index is 9.05. The van der Waals surface area contributed by atoms with Crippen LogP contribution in [-0.2, 0) is 0 Å². The summed E-state index contributed by atoms with van der Waals surface area (Å²) in [6, 6.07) is 15.9. The number of anilines is 2. The number of nitriles is 1. The molecule has 0 radical (unpaired) electrons. The fraction of sp³-hybridized carbons (Fsp3) is 0.133. The van der Waals surface area contributed by atoms with Crippen molar-refractivity contribution in [2.24, 2.45) is 0 Å². The summed E-state index contributed by atoms with van der Waals surface area (Å²) in [5, 5.41) is 12.4. The zero-order valence-electron chi connectivity index (χ0n) is 9.99. The van der Waals surface area contributed by atoms with E-state index in [0.717, 1.165) is 11.4 Å². The molecule has 2 heteroatoms. The zero-order valence-corrected chi connectivity index (χ0v) is 9.99. The SMILES string of the molecule is Cc1cccc(C)c1Nc1ccccc1C#N. The van der Waals surface area contributed by atoms with Gasteiger partial charge in [0.05, 0.1) is 11.3 Å². The lowest BCUT2D eigenvalue weighted by Crippen LogP contribution is -1.97. The Morgan fingerprint density at radius 2 is 1.59 bits per heavy atom. The van der Waals surface area contributed by atoms with E-state index in [0.29, 0.717) is 5.56 Å². The van der Waals surface area contributed by atoms with Crippen molar-refractivity contribution in [1.82, 2.24) is 0 Å². The molecule has 2 aromatic rings. The first-order chi connectivity index (χ1) is 8.22. The molecule has 0 amide bonds. The largest absolute Gasteiger partial charge is 0.354 e. The summed E-state index contributed by atoms with van der Waals surface area (Å²) in [5.41, 5.74) is 4.95. The molecule has 0 unspecified atom stereocenters. The summed E-state index contributed by atoms with van der Waals surface area (Å²) < 4.78 is 0. The van der Waals surface area contributed by atoms with Crippen LogP contribution in [0.4, 0.5) is 11.4 Å². The first-order valence-electron chi connectivity index (χ1n) is 5.54. The first kappa shape index (κ1) is 11.2. The third-order valence-corrected chi connectivity index (χ3v) is 2.79. The minimum absolute atomic E-state index is 0.662. The van der Waals surface area contributed by atoms with E-state index in [2.05, 4.69) is 37.4 Å². The number of benzene rings is 2. The van der Waals surface area contributed by atoms with Gasteiger partial charge >= 0.3 is 0 Å². The number of hydrogen-bond acceptors (Lipinski definition) is 2. The molecular formula is C15H14N2. The molecule has 1 N–H and O–H groups in total. The number of para-hydroxylation sites is 2. The van der Waals surface area contributed by atoms with Gasteiger partial charge in [-0.15, -0.1) is 0 Å². The molecule has 2 rings (SSSR count). The Labute approximate surface area is 102 Å². The quantitative estimate of drug-likeness (QED) is 0.836. The Kier molecular flexibility index (Phi) is 3.11. The third kappa shape index (κ3) is 2.29. The van der Waals surface area contributed by atoms with E-state index in [1.165, 1.54) is 11.1 Å². The predicted octanol–water partition coefficient (Wildman–Crippen LogP) is 3.92. The van der Waals surface area contributed by atoms with Crippen LogP contribution in [0.3, 0.4) is 0 Å². The van der Waals surface area contributed by atoms with Gasteiger partial charge in [0.25, 0.3) is 0 Å². The van der Waals surface area contributed by atoms with Crippen LogP contribution in [0.15, 0.2) is 42.5 Å². The van der Waals surface area contributed by atoms with Gasteiger partial charge in [-0.2, -0.15) is 5.26 Å². The zero-order chi connectivity index (χ0) is 12.3. The second-order valence-corrected chi connectivity index (χ2v) is 4.05. The Balaban J connectivity index is 2.42. The average molecular weight is 222 g/mol. The van der Waals surface area contributed by atoms with Crippen LogP contribution < -0.4 is 5.32 Å².